The molecule has 0 radical (unpaired) electrons. The zero-order valence-corrected chi connectivity index (χ0v) is 11.2. The molecule has 0 saturated heterocycles. The van der Waals surface area contributed by atoms with E-state index in [2.05, 4.69) is 0 Å². The lowest BCUT2D eigenvalue weighted by Gasteiger charge is -2.16. The van der Waals surface area contributed by atoms with Crippen molar-refractivity contribution in [1.29, 1.82) is 0 Å². The Morgan fingerprint density at radius 2 is 1.89 bits per heavy atom. The van der Waals surface area contributed by atoms with E-state index in [1.165, 1.54) is 0 Å². The van der Waals surface area contributed by atoms with Crippen molar-refractivity contribution in [3.05, 3.63) is 29.3 Å². The average molecular weight is 285 g/mol. The SMILES string of the molecule is CCSCCCN1C(=O)C(=O)c2c(F)ccc(F)c21. The summed E-state index contributed by atoms with van der Waals surface area (Å²) in [7, 11) is 0. The second-order valence-corrected chi connectivity index (χ2v) is 5.48. The highest BCUT2D eigenvalue weighted by Gasteiger charge is 2.40. The van der Waals surface area contributed by atoms with Crippen LogP contribution in [0.4, 0.5) is 14.5 Å². The number of hydrogen-bond donors (Lipinski definition) is 0. The topological polar surface area (TPSA) is 37.4 Å². The zero-order chi connectivity index (χ0) is 14.0. The Morgan fingerprint density at radius 3 is 2.58 bits per heavy atom. The van der Waals surface area contributed by atoms with E-state index in [1.807, 2.05) is 6.92 Å². The van der Waals surface area contributed by atoms with E-state index >= 15 is 0 Å². The molecule has 1 amide bonds. The van der Waals surface area contributed by atoms with Crippen molar-refractivity contribution >= 4 is 29.1 Å². The van der Waals surface area contributed by atoms with Gasteiger partial charge in [0, 0.05) is 6.54 Å². The number of fused-ring (bicyclic) bond motifs is 1. The first-order valence-electron chi connectivity index (χ1n) is 5.99. The second kappa shape index (κ2) is 5.69. The molecule has 0 bridgehead atoms. The van der Waals surface area contributed by atoms with E-state index in [1.54, 1.807) is 11.8 Å². The van der Waals surface area contributed by atoms with Crippen LogP contribution in [0.15, 0.2) is 12.1 Å². The molecular formula is C13H13F2NO2S. The minimum Gasteiger partial charge on any atom is -0.302 e. The summed E-state index contributed by atoms with van der Waals surface area (Å²) in [6, 6.07) is 1.81. The molecule has 0 spiro atoms. The predicted molar refractivity (Wildman–Crippen MR) is 70.7 cm³/mol. The Balaban J connectivity index is 2.26. The van der Waals surface area contributed by atoms with E-state index in [-0.39, 0.29) is 12.2 Å². The molecule has 0 aromatic heterocycles. The molecule has 102 valence electrons. The highest BCUT2D eigenvalue weighted by atomic mass is 32.2. The summed E-state index contributed by atoms with van der Waals surface area (Å²) in [6.45, 7) is 2.24. The normalized spacial score (nSPS) is 14.2. The van der Waals surface area contributed by atoms with Crippen LogP contribution >= 0.6 is 11.8 Å². The molecule has 19 heavy (non-hydrogen) atoms. The summed E-state index contributed by atoms with van der Waals surface area (Å²) in [6.07, 6.45) is 0.632. The summed E-state index contributed by atoms with van der Waals surface area (Å²) < 4.78 is 27.3. The van der Waals surface area contributed by atoms with Crippen LogP contribution in [0.3, 0.4) is 0 Å². The number of Topliss-reactive ketones (excluding diaryl/α,β-unsaturated/α-hetero) is 1. The Hall–Kier alpha value is -1.43. The van der Waals surface area contributed by atoms with Gasteiger partial charge in [0.1, 0.15) is 11.6 Å². The maximum absolute atomic E-state index is 13.7. The molecule has 2 rings (SSSR count). The Labute approximate surface area is 114 Å². The molecule has 1 aliphatic rings. The number of benzene rings is 1. The first-order chi connectivity index (χ1) is 9.07. The number of anilines is 1. The van der Waals surface area contributed by atoms with Gasteiger partial charge in [-0.25, -0.2) is 8.78 Å². The molecule has 0 saturated carbocycles. The maximum atomic E-state index is 13.7. The number of ketones is 1. The summed E-state index contributed by atoms with van der Waals surface area (Å²) >= 11 is 1.69. The lowest BCUT2D eigenvalue weighted by atomic mass is 10.1. The summed E-state index contributed by atoms with van der Waals surface area (Å²) in [5, 5.41) is 0. The van der Waals surface area contributed by atoms with Gasteiger partial charge < -0.3 is 4.90 Å². The quantitative estimate of drug-likeness (QED) is 0.616. The number of nitrogens with zero attached hydrogens (tertiary/aromatic N) is 1. The van der Waals surface area contributed by atoms with Crippen LogP contribution in [-0.2, 0) is 4.79 Å². The monoisotopic (exact) mass is 285 g/mol. The molecule has 1 aromatic rings. The molecule has 0 atom stereocenters. The summed E-state index contributed by atoms with van der Waals surface area (Å²) in [5.74, 6) is -1.64. The van der Waals surface area contributed by atoms with E-state index < -0.39 is 28.9 Å². The molecule has 0 N–H and O–H groups in total. The van der Waals surface area contributed by atoms with E-state index in [0.717, 1.165) is 28.5 Å². The highest BCUT2D eigenvalue weighted by Crippen LogP contribution is 2.33. The number of carbonyl (C=O) groups excluding carboxylic acids is 2. The molecule has 0 unspecified atom stereocenters. The van der Waals surface area contributed by atoms with Crippen LogP contribution in [0.1, 0.15) is 23.7 Å². The van der Waals surface area contributed by atoms with Gasteiger partial charge in [0.2, 0.25) is 0 Å². The van der Waals surface area contributed by atoms with Crippen LogP contribution in [0, 0.1) is 11.6 Å². The maximum Gasteiger partial charge on any atom is 0.299 e. The van der Waals surface area contributed by atoms with Crippen molar-refractivity contribution in [2.75, 3.05) is 23.0 Å². The molecule has 1 aliphatic heterocycles. The molecule has 0 aliphatic carbocycles. The van der Waals surface area contributed by atoms with E-state index in [0.29, 0.717) is 6.42 Å². The minimum atomic E-state index is -0.963. The van der Waals surface area contributed by atoms with Gasteiger partial charge in [0.15, 0.2) is 0 Å². The van der Waals surface area contributed by atoms with Crippen LogP contribution < -0.4 is 4.90 Å². The highest BCUT2D eigenvalue weighted by molar-refractivity contribution is 7.99. The number of halogens is 2. The van der Waals surface area contributed by atoms with Crippen molar-refractivity contribution in [1.82, 2.24) is 0 Å². The zero-order valence-electron chi connectivity index (χ0n) is 10.4. The largest absolute Gasteiger partial charge is 0.302 e. The Bertz CT molecular complexity index is 534. The van der Waals surface area contributed by atoms with Gasteiger partial charge in [-0.2, -0.15) is 11.8 Å². The molecular weight excluding hydrogens is 272 g/mol. The molecule has 1 heterocycles. The van der Waals surface area contributed by atoms with Crippen molar-refractivity contribution in [3.63, 3.8) is 0 Å². The van der Waals surface area contributed by atoms with Gasteiger partial charge >= 0.3 is 0 Å². The average Bonchev–Trinajstić information content (AvgIpc) is 2.65. The molecule has 3 nitrogen and oxygen atoms in total. The number of thioether (sulfide) groups is 1. The summed E-state index contributed by atoms with van der Waals surface area (Å²) in [5.41, 5.74) is -0.648. The fourth-order valence-electron chi connectivity index (χ4n) is 2.03. The van der Waals surface area contributed by atoms with Crippen LogP contribution in [-0.4, -0.2) is 29.7 Å². The van der Waals surface area contributed by atoms with Gasteiger partial charge in [-0.15, -0.1) is 0 Å². The number of rotatable bonds is 5. The standard InChI is InChI=1S/C13H13F2NO2S/c1-2-19-7-3-6-16-11-9(15)5-4-8(14)10(11)12(17)13(16)18/h4-5H,2-3,6-7H2,1H3. The molecule has 6 heteroatoms. The van der Waals surface area contributed by atoms with Gasteiger partial charge in [0.05, 0.1) is 11.3 Å². The van der Waals surface area contributed by atoms with Crippen LogP contribution in [0.25, 0.3) is 0 Å². The third-order valence-electron chi connectivity index (χ3n) is 2.89. The lowest BCUT2D eigenvalue weighted by Crippen LogP contribution is -2.31. The van der Waals surface area contributed by atoms with Gasteiger partial charge in [-0.05, 0) is 30.1 Å². The number of amides is 1. The van der Waals surface area contributed by atoms with Crippen molar-refractivity contribution in [3.8, 4) is 0 Å². The van der Waals surface area contributed by atoms with Crippen LogP contribution in [0.2, 0.25) is 0 Å². The Morgan fingerprint density at radius 1 is 1.21 bits per heavy atom. The van der Waals surface area contributed by atoms with Gasteiger partial charge in [-0.3, -0.25) is 9.59 Å². The lowest BCUT2D eigenvalue weighted by molar-refractivity contribution is -0.114. The predicted octanol–water partition coefficient (Wildman–Crippen LogP) is 2.64. The third kappa shape index (κ3) is 2.49. The Kier molecular flexibility index (Phi) is 4.19. The van der Waals surface area contributed by atoms with Gasteiger partial charge in [0.25, 0.3) is 11.7 Å². The van der Waals surface area contributed by atoms with Crippen LogP contribution in [0.5, 0.6) is 0 Å². The summed E-state index contributed by atoms with van der Waals surface area (Å²) in [4.78, 5) is 24.5. The first-order valence-corrected chi connectivity index (χ1v) is 7.15. The molecule has 0 fully saturated rings. The smallest absolute Gasteiger partial charge is 0.299 e. The number of hydrogen-bond acceptors (Lipinski definition) is 3. The second-order valence-electron chi connectivity index (χ2n) is 4.09. The van der Waals surface area contributed by atoms with Gasteiger partial charge in [-0.1, -0.05) is 6.92 Å². The van der Waals surface area contributed by atoms with Crippen molar-refractivity contribution in [2.24, 2.45) is 0 Å². The number of carbonyl (C=O) groups is 2. The van der Waals surface area contributed by atoms with E-state index in [4.69, 9.17) is 0 Å². The first kappa shape index (κ1) is 14.0. The molecule has 1 aromatic carbocycles. The van der Waals surface area contributed by atoms with Crippen molar-refractivity contribution in [2.45, 2.75) is 13.3 Å². The fourth-order valence-corrected chi connectivity index (χ4v) is 2.66. The van der Waals surface area contributed by atoms with E-state index in [9.17, 15) is 18.4 Å². The van der Waals surface area contributed by atoms with Crippen molar-refractivity contribution < 1.29 is 18.4 Å². The minimum absolute atomic E-state index is 0.212. The third-order valence-corrected chi connectivity index (χ3v) is 3.87. The fraction of sp³-hybridized carbons (Fsp3) is 0.385.